The van der Waals surface area contributed by atoms with Crippen LogP contribution >= 0.6 is 0 Å². The maximum Gasteiger partial charge on any atom is 0.134 e. The normalized spacial score (nSPS) is 20.6. The van der Waals surface area contributed by atoms with Gasteiger partial charge >= 0.3 is 0 Å². The monoisotopic (exact) mass is 213 g/mol. The van der Waals surface area contributed by atoms with Crippen molar-refractivity contribution < 1.29 is 13.5 Å². The minimum absolute atomic E-state index is 0.133. The van der Waals surface area contributed by atoms with Crippen LogP contribution in [0.25, 0.3) is 0 Å². The quantitative estimate of drug-likeness (QED) is 0.814. The molecule has 1 aliphatic heterocycles. The molecule has 1 aromatic rings. The van der Waals surface area contributed by atoms with Crippen molar-refractivity contribution in [1.82, 2.24) is 5.32 Å². The first-order valence-electron chi connectivity index (χ1n) is 4.98. The second kappa shape index (κ2) is 4.14. The Hall–Kier alpha value is -1.16. The topological polar surface area (TPSA) is 21.3 Å². The lowest BCUT2D eigenvalue weighted by molar-refractivity contribution is 0.402. The summed E-state index contributed by atoms with van der Waals surface area (Å²) in [5.74, 6) is -0.857. The number of hydrogen-bond donors (Lipinski definition) is 1. The summed E-state index contributed by atoms with van der Waals surface area (Å²) in [4.78, 5) is 0. The average molecular weight is 213 g/mol. The van der Waals surface area contributed by atoms with E-state index in [2.05, 4.69) is 5.32 Å². The Kier molecular flexibility index (Phi) is 2.86. The first-order chi connectivity index (χ1) is 7.22. The maximum absolute atomic E-state index is 13.6. The molecule has 0 saturated carbocycles. The number of benzene rings is 1. The fourth-order valence-corrected chi connectivity index (χ4v) is 1.94. The summed E-state index contributed by atoms with van der Waals surface area (Å²) in [6, 6.07) is 2.24. The molecule has 1 aliphatic rings. The van der Waals surface area contributed by atoms with Crippen LogP contribution in [-0.4, -0.2) is 13.7 Å². The lowest BCUT2D eigenvalue weighted by Gasteiger charge is -2.13. The van der Waals surface area contributed by atoms with Crippen LogP contribution in [0.5, 0.6) is 5.75 Å². The molecule has 1 heterocycles. The van der Waals surface area contributed by atoms with Gasteiger partial charge in [0.2, 0.25) is 0 Å². The molecule has 82 valence electrons. The summed E-state index contributed by atoms with van der Waals surface area (Å²) < 4.78 is 32.0. The van der Waals surface area contributed by atoms with E-state index in [1.165, 1.54) is 19.2 Å². The van der Waals surface area contributed by atoms with Crippen LogP contribution in [0.15, 0.2) is 12.1 Å². The number of rotatable bonds is 2. The second-order valence-corrected chi connectivity index (χ2v) is 3.65. The van der Waals surface area contributed by atoms with Crippen molar-refractivity contribution in [2.45, 2.75) is 18.9 Å². The third kappa shape index (κ3) is 1.95. The molecule has 2 rings (SSSR count). The smallest absolute Gasteiger partial charge is 0.134 e. The highest BCUT2D eigenvalue weighted by Crippen LogP contribution is 2.30. The third-order valence-corrected chi connectivity index (χ3v) is 2.70. The minimum Gasteiger partial charge on any atom is -0.497 e. The van der Waals surface area contributed by atoms with Gasteiger partial charge in [0.1, 0.15) is 17.4 Å². The van der Waals surface area contributed by atoms with Crippen molar-refractivity contribution in [2.75, 3.05) is 13.7 Å². The van der Waals surface area contributed by atoms with Gasteiger partial charge < -0.3 is 10.1 Å². The second-order valence-electron chi connectivity index (χ2n) is 3.65. The molecule has 1 fully saturated rings. The highest BCUT2D eigenvalue weighted by Gasteiger charge is 2.23. The van der Waals surface area contributed by atoms with Gasteiger partial charge in [0.25, 0.3) is 0 Å². The van der Waals surface area contributed by atoms with Crippen LogP contribution in [-0.2, 0) is 0 Å². The summed E-state index contributed by atoms with van der Waals surface area (Å²) in [5.41, 5.74) is 0.133. The summed E-state index contributed by atoms with van der Waals surface area (Å²) in [6.45, 7) is 0.815. The first-order valence-corrected chi connectivity index (χ1v) is 4.98. The van der Waals surface area contributed by atoms with Crippen LogP contribution in [0.4, 0.5) is 8.78 Å². The average Bonchev–Trinajstić information content (AvgIpc) is 2.69. The van der Waals surface area contributed by atoms with Crippen LogP contribution in [0, 0.1) is 11.6 Å². The van der Waals surface area contributed by atoms with Crippen molar-refractivity contribution in [3.05, 3.63) is 29.3 Å². The van der Waals surface area contributed by atoms with Gasteiger partial charge in [0.05, 0.1) is 7.11 Å². The molecule has 0 radical (unpaired) electrons. The molecule has 1 saturated heterocycles. The zero-order valence-corrected chi connectivity index (χ0v) is 8.52. The predicted molar refractivity (Wildman–Crippen MR) is 52.9 cm³/mol. The Balaban J connectivity index is 2.37. The molecule has 4 heteroatoms. The van der Waals surface area contributed by atoms with E-state index in [1.807, 2.05) is 0 Å². The predicted octanol–water partition coefficient (Wildman–Crippen LogP) is 2.40. The van der Waals surface area contributed by atoms with Crippen molar-refractivity contribution in [3.63, 3.8) is 0 Å². The third-order valence-electron chi connectivity index (χ3n) is 2.70. The summed E-state index contributed by atoms with van der Waals surface area (Å²) in [7, 11) is 1.39. The molecule has 0 amide bonds. The van der Waals surface area contributed by atoms with E-state index in [1.54, 1.807) is 0 Å². The van der Waals surface area contributed by atoms with E-state index in [0.717, 1.165) is 19.4 Å². The maximum atomic E-state index is 13.6. The van der Waals surface area contributed by atoms with Crippen molar-refractivity contribution in [3.8, 4) is 5.75 Å². The summed E-state index contributed by atoms with van der Waals surface area (Å²) >= 11 is 0. The van der Waals surface area contributed by atoms with Crippen molar-refractivity contribution >= 4 is 0 Å². The molecular weight excluding hydrogens is 200 g/mol. The van der Waals surface area contributed by atoms with Crippen LogP contribution in [0.2, 0.25) is 0 Å². The highest BCUT2D eigenvalue weighted by atomic mass is 19.1. The van der Waals surface area contributed by atoms with Gasteiger partial charge in [-0.3, -0.25) is 0 Å². The number of ether oxygens (including phenoxy) is 1. The molecular formula is C11H13F2NO. The lowest BCUT2D eigenvalue weighted by Crippen LogP contribution is -2.16. The van der Waals surface area contributed by atoms with Gasteiger partial charge in [-0.05, 0) is 19.4 Å². The van der Waals surface area contributed by atoms with Gasteiger partial charge in [-0.2, -0.15) is 0 Å². The number of nitrogens with one attached hydrogen (secondary N) is 1. The molecule has 0 unspecified atom stereocenters. The Bertz CT molecular complexity index is 339. The van der Waals surface area contributed by atoms with Gasteiger partial charge in [-0.25, -0.2) is 8.78 Å². The first kappa shape index (κ1) is 10.4. The number of methoxy groups -OCH3 is 1. The lowest BCUT2D eigenvalue weighted by atomic mass is 10.0. The standard InChI is InChI=1S/C11H13F2NO/c1-15-7-5-8(12)11(9(13)6-7)10-3-2-4-14-10/h5-6,10,14H,2-4H2,1H3/t10-/m1/s1. The summed E-state index contributed by atoms with van der Waals surface area (Å²) in [5, 5.41) is 3.07. The van der Waals surface area contributed by atoms with Crippen LogP contribution < -0.4 is 10.1 Å². The fraction of sp³-hybridized carbons (Fsp3) is 0.455. The van der Waals surface area contributed by atoms with Crippen molar-refractivity contribution in [2.24, 2.45) is 0 Å². The van der Waals surface area contributed by atoms with E-state index in [-0.39, 0.29) is 17.4 Å². The molecule has 0 aromatic heterocycles. The van der Waals surface area contributed by atoms with Gasteiger partial charge in [-0.1, -0.05) is 0 Å². The largest absolute Gasteiger partial charge is 0.497 e. The molecule has 0 spiro atoms. The van der Waals surface area contributed by atoms with Crippen LogP contribution in [0.3, 0.4) is 0 Å². The van der Waals surface area contributed by atoms with Gasteiger partial charge in [-0.15, -0.1) is 0 Å². The van der Waals surface area contributed by atoms with E-state index >= 15 is 0 Å². The Morgan fingerprint density at radius 2 is 2.00 bits per heavy atom. The highest BCUT2D eigenvalue weighted by molar-refractivity contribution is 5.32. The molecule has 2 nitrogen and oxygen atoms in total. The zero-order chi connectivity index (χ0) is 10.8. The summed E-state index contributed by atoms with van der Waals surface area (Å²) in [6.07, 6.45) is 1.73. The van der Waals surface area contributed by atoms with Crippen LogP contribution in [0.1, 0.15) is 24.4 Å². The van der Waals surface area contributed by atoms with Crippen molar-refractivity contribution in [1.29, 1.82) is 0 Å². The Labute approximate surface area is 87.2 Å². The minimum atomic E-state index is -0.536. The molecule has 0 aliphatic carbocycles. The molecule has 1 atom stereocenters. The molecule has 1 N–H and O–H groups in total. The van der Waals surface area contributed by atoms with E-state index in [9.17, 15) is 8.78 Å². The van der Waals surface area contributed by atoms with E-state index in [0.29, 0.717) is 0 Å². The fourth-order valence-electron chi connectivity index (χ4n) is 1.94. The number of hydrogen-bond acceptors (Lipinski definition) is 2. The van der Waals surface area contributed by atoms with Gasteiger partial charge in [0, 0.05) is 23.7 Å². The molecule has 1 aromatic carbocycles. The Morgan fingerprint density at radius 1 is 1.33 bits per heavy atom. The molecule has 15 heavy (non-hydrogen) atoms. The van der Waals surface area contributed by atoms with E-state index in [4.69, 9.17) is 4.74 Å². The van der Waals surface area contributed by atoms with E-state index < -0.39 is 11.6 Å². The zero-order valence-electron chi connectivity index (χ0n) is 8.52. The Morgan fingerprint density at radius 3 is 2.47 bits per heavy atom. The van der Waals surface area contributed by atoms with Gasteiger partial charge in [0.15, 0.2) is 0 Å². The molecule has 0 bridgehead atoms. The number of halogens is 2. The SMILES string of the molecule is COc1cc(F)c([C@H]2CCCN2)c(F)c1.